The summed E-state index contributed by atoms with van der Waals surface area (Å²) in [6.07, 6.45) is 8.00. The highest BCUT2D eigenvalue weighted by atomic mass is 13.9. The van der Waals surface area contributed by atoms with Gasteiger partial charge >= 0.3 is 0 Å². The van der Waals surface area contributed by atoms with Crippen LogP contribution < -0.4 is 0 Å². The lowest BCUT2D eigenvalue weighted by Gasteiger charge is -1.98. The Labute approximate surface area is 72.7 Å². The maximum absolute atomic E-state index is 2.28. The summed E-state index contributed by atoms with van der Waals surface area (Å²) in [5.41, 5.74) is 0. The SMILES string of the molecule is C/C=C/CC.CCC(C)CC. The van der Waals surface area contributed by atoms with E-state index in [4.69, 9.17) is 0 Å². The minimum Gasteiger partial charge on any atom is -0.0917 e. The third-order valence-corrected chi connectivity index (χ3v) is 1.87. The van der Waals surface area contributed by atoms with Crippen molar-refractivity contribution in [3.63, 3.8) is 0 Å². The fourth-order valence-electron chi connectivity index (χ4n) is 0.524. The standard InChI is InChI=1S/C6H14.C5H10/c1-4-6(3)5-2;1-3-5-4-2/h6H,4-5H2,1-3H3;3,5H,4H2,1-2H3/b;5-3+. The molecule has 0 nitrogen and oxygen atoms in total. The largest absolute Gasteiger partial charge is 0.0917 e. The van der Waals surface area contributed by atoms with E-state index >= 15 is 0 Å². The quantitative estimate of drug-likeness (QED) is 0.531. The van der Waals surface area contributed by atoms with Crippen molar-refractivity contribution in [3.8, 4) is 0 Å². The van der Waals surface area contributed by atoms with Gasteiger partial charge in [-0.15, -0.1) is 0 Å². The van der Waals surface area contributed by atoms with Gasteiger partial charge in [0.15, 0.2) is 0 Å². The molecule has 0 aliphatic heterocycles. The first kappa shape index (κ1) is 13.3. The predicted octanol–water partition coefficient (Wildman–Crippen LogP) is 4.42. The molecule has 0 amide bonds. The van der Waals surface area contributed by atoms with Gasteiger partial charge in [0.25, 0.3) is 0 Å². The average Bonchev–Trinajstić information content (AvgIpc) is 2.06. The van der Waals surface area contributed by atoms with Crippen LogP contribution in [0.1, 0.15) is 53.9 Å². The molecule has 0 radical (unpaired) electrons. The van der Waals surface area contributed by atoms with Gasteiger partial charge in [-0.2, -0.15) is 0 Å². The second-order valence-electron chi connectivity index (χ2n) is 2.90. The van der Waals surface area contributed by atoms with Gasteiger partial charge in [-0.3, -0.25) is 0 Å². The molecule has 0 aromatic carbocycles. The van der Waals surface area contributed by atoms with Gasteiger partial charge < -0.3 is 0 Å². The Bertz CT molecular complexity index is 68.1. The third kappa shape index (κ3) is 17.7. The zero-order valence-corrected chi connectivity index (χ0v) is 8.85. The van der Waals surface area contributed by atoms with Crippen LogP contribution in [0.25, 0.3) is 0 Å². The fourth-order valence-corrected chi connectivity index (χ4v) is 0.524. The molecule has 0 aromatic rings. The normalized spacial score (nSPS) is 10.0. The first-order valence-electron chi connectivity index (χ1n) is 4.83. The highest BCUT2D eigenvalue weighted by Crippen LogP contribution is 2.02. The molecule has 0 saturated carbocycles. The maximum Gasteiger partial charge on any atom is -0.0379 e. The van der Waals surface area contributed by atoms with Crippen molar-refractivity contribution >= 4 is 0 Å². The summed E-state index contributed by atoms with van der Waals surface area (Å²) in [6, 6.07) is 0. The van der Waals surface area contributed by atoms with Crippen LogP contribution in [-0.4, -0.2) is 0 Å². The lowest BCUT2D eigenvalue weighted by atomic mass is 10.1. The lowest BCUT2D eigenvalue weighted by Crippen LogP contribution is -1.85. The van der Waals surface area contributed by atoms with E-state index in [-0.39, 0.29) is 0 Å². The van der Waals surface area contributed by atoms with Crippen LogP contribution in [0.3, 0.4) is 0 Å². The first-order chi connectivity index (χ1) is 5.22. The van der Waals surface area contributed by atoms with Gasteiger partial charge in [-0.1, -0.05) is 52.7 Å². The molecule has 11 heavy (non-hydrogen) atoms. The summed E-state index contributed by atoms with van der Waals surface area (Å²) >= 11 is 0. The summed E-state index contributed by atoms with van der Waals surface area (Å²) in [6.45, 7) is 10.9. The summed E-state index contributed by atoms with van der Waals surface area (Å²) < 4.78 is 0. The van der Waals surface area contributed by atoms with Gasteiger partial charge in [-0.25, -0.2) is 0 Å². The summed E-state index contributed by atoms with van der Waals surface area (Å²) in [5.74, 6) is 0.935. The molecular weight excluding hydrogens is 132 g/mol. The van der Waals surface area contributed by atoms with Gasteiger partial charge in [0.1, 0.15) is 0 Å². The molecule has 68 valence electrons. The molecule has 0 fully saturated rings. The third-order valence-electron chi connectivity index (χ3n) is 1.87. The molecule has 0 bridgehead atoms. The molecule has 0 atom stereocenters. The van der Waals surface area contributed by atoms with E-state index < -0.39 is 0 Å². The molecule has 0 heteroatoms. The van der Waals surface area contributed by atoms with Crippen LogP contribution in [0.2, 0.25) is 0 Å². The zero-order valence-electron chi connectivity index (χ0n) is 8.85. The highest BCUT2D eigenvalue weighted by Gasteiger charge is 1.88. The van der Waals surface area contributed by atoms with Crippen molar-refractivity contribution in [1.82, 2.24) is 0 Å². The van der Waals surface area contributed by atoms with Crippen molar-refractivity contribution in [1.29, 1.82) is 0 Å². The molecule has 0 aromatic heterocycles. The van der Waals surface area contributed by atoms with E-state index in [2.05, 4.69) is 39.8 Å². The number of rotatable bonds is 3. The second-order valence-corrected chi connectivity index (χ2v) is 2.90. The Morgan fingerprint density at radius 2 is 1.55 bits per heavy atom. The Hall–Kier alpha value is -0.260. The van der Waals surface area contributed by atoms with Crippen LogP contribution >= 0.6 is 0 Å². The van der Waals surface area contributed by atoms with E-state index in [1.165, 1.54) is 12.8 Å². The monoisotopic (exact) mass is 156 g/mol. The Morgan fingerprint density at radius 1 is 1.09 bits per heavy atom. The summed E-state index contributed by atoms with van der Waals surface area (Å²) in [5, 5.41) is 0. The van der Waals surface area contributed by atoms with E-state index in [9.17, 15) is 0 Å². The molecule has 0 spiro atoms. The van der Waals surface area contributed by atoms with Crippen LogP contribution in [0.15, 0.2) is 12.2 Å². The van der Waals surface area contributed by atoms with Gasteiger partial charge in [-0.05, 0) is 19.3 Å². The zero-order chi connectivity index (χ0) is 9.11. The van der Waals surface area contributed by atoms with E-state index in [0.29, 0.717) is 0 Å². The molecular formula is C11H24. The Morgan fingerprint density at radius 3 is 1.55 bits per heavy atom. The molecule has 0 N–H and O–H groups in total. The van der Waals surface area contributed by atoms with Crippen molar-refractivity contribution in [2.24, 2.45) is 5.92 Å². The Balaban J connectivity index is 0. The molecule has 0 aliphatic rings. The van der Waals surface area contributed by atoms with Gasteiger partial charge in [0.2, 0.25) is 0 Å². The minimum absolute atomic E-state index is 0.935. The topological polar surface area (TPSA) is 0 Å². The van der Waals surface area contributed by atoms with Crippen LogP contribution in [-0.2, 0) is 0 Å². The van der Waals surface area contributed by atoms with Crippen molar-refractivity contribution < 1.29 is 0 Å². The second kappa shape index (κ2) is 12.4. The van der Waals surface area contributed by atoms with E-state index in [0.717, 1.165) is 12.3 Å². The van der Waals surface area contributed by atoms with Crippen LogP contribution in [0.5, 0.6) is 0 Å². The van der Waals surface area contributed by atoms with Crippen LogP contribution in [0, 0.1) is 5.92 Å². The van der Waals surface area contributed by atoms with Crippen LogP contribution in [0.4, 0.5) is 0 Å². The van der Waals surface area contributed by atoms with Crippen molar-refractivity contribution in [3.05, 3.63) is 12.2 Å². The number of allylic oxidation sites excluding steroid dienone is 2. The van der Waals surface area contributed by atoms with E-state index in [1.54, 1.807) is 0 Å². The van der Waals surface area contributed by atoms with Gasteiger partial charge in [0, 0.05) is 0 Å². The first-order valence-corrected chi connectivity index (χ1v) is 4.83. The maximum atomic E-state index is 2.28. The highest BCUT2D eigenvalue weighted by molar-refractivity contribution is 4.73. The van der Waals surface area contributed by atoms with Crippen molar-refractivity contribution in [2.75, 3.05) is 0 Å². The minimum atomic E-state index is 0.935. The number of hydrogen-bond donors (Lipinski definition) is 0. The average molecular weight is 156 g/mol. The molecule has 0 unspecified atom stereocenters. The molecule has 0 aliphatic carbocycles. The molecule has 0 heterocycles. The summed E-state index contributed by atoms with van der Waals surface area (Å²) in [4.78, 5) is 0. The summed E-state index contributed by atoms with van der Waals surface area (Å²) in [7, 11) is 0. The molecule has 0 saturated heterocycles. The lowest BCUT2D eigenvalue weighted by molar-refractivity contribution is 0.544. The fraction of sp³-hybridized carbons (Fsp3) is 0.818. The predicted molar refractivity (Wildman–Crippen MR) is 54.9 cm³/mol. The van der Waals surface area contributed by atoms with Crippen molar-refractivity contribution in [2.45, 2.75) is 53.9 Å². The Kier molecular flexibility index (Phi) is 15.1. The number of hydrogen-bond acceptors (Lipinski definition) is 0. The smallest absolute Gasteiger partial charge is 0.0379 e. The van der Waals surface area contributed by atoms with E-state index in [1.807, 2.05) is 6.92 Å². The molecule has 0 rings (SSSR count). The van der Waals surface area contributed by atoms with Gasteiger partial charge in [0.05, 0.1) is 0 Å².